The molecular weight excluding hydrogens is 561 g/mol. The molecule has 3 N–H and O–H groups in total. The van der Waals surface area contributed by atoms with Crippen LogP contribution < -0.4 is 14.2 Å². The third-order valence-corrected chi connectivity index (χ3v) is 25.0. The number of hydrogen-bond donors (Lipinski definition) is 2. The summed E-state index contributed by atoms with van der Waals surface area (Å²) in [6.07, 6.45) is 9.68. The summed E-state index contributed by atoms with van der Waals surface area (Å²) < 4.78 is 6.35. The summed E-state index contributed by atoms with van der Waals surface area (Å²) >= 11 is -2.56. The van der Waals surface area contributed by atoms with Gasteiger partial charge in [0.2, 0.25) is 0 Å². The van der Waals surface area contributed by atoms with Gasteiger partial charge in [-0.2, -0.15) is 0 Å². The van der Waals surface area contributed by atoms with Crippen LogP contribution >= 0.6 is 0 Å². The summed E-state index contributed by atoms with van der Waals surface area (Å²) in [5, 5.41) is 11.4. The van der Waals surface area contributed by atoms with E-state index in [1.165, 1.54) is 57.4 Å². The number of nitrogens with two attached hydrogens (primary N) is 1. The zero-order valence-electron chi connectivity index (χ0n) is 23.7. The van der Waals surface area contributed by atoms with E-state index in [-0.39, 0.29) is 12.1 Å². The number of piperazine rings is 1. The maximum absolute atomic E-state index is 11.4. The van der Waals surface area contributed by atoms with Gasteiger partial charge in [-0.15, -0.1) is 0 Å². The molecule has 2 aromatic carbocycles. The third kappa shape index (κ3) is 6.67. The van der Waals surface area contributed by atoms with Gasteiger partial charge in [0, 0.05) is 0 Å². The second-order valence-corrected chi connectivity index (χ2v) is 24.8. The van der Waals surface area contributed by atoms with Crippen molar-refractivity contribution in [1.29, 1.82) is 0 Å². The Morgan fingerprint density at radius 2 is 1.43 bits per heavy atom. The second-order valence-electron chi connectivity index (χ2n) is 11.7. The fourth-order valence-corrected chi connectivity index (χ4v) is 24.2. The van der Waals surface area contributed by atoms with E-state index in [1.54, 1.807) is 5.56 Å². The summed E-state index contributed by atoms with van der Waals surface area (Å²) in [4.78, 5) is 5.00. The zero-order chi connectivity index (χ0) is 26.3. The third-order valence-electron chi connectivity index (χ3n) is 9.22. The SMILES string of the molecule is CCC[CH2][Sn]([CH2]CCC)([CH2]CCC)[c]1cccc2c1C[C@H](N1CCN(c3ccccc3N)CC1)[C@@H](O)C2. The summed E-state index contributed by atoms with van der Waals surface area (Å²) in [5.41, 5.74) is 11.4. The normalized spacial score (nSPS) is 20.7. The van der Waals surface area contributed by atoms with Crippen molar-refractivity contribution < 1.29 is 5.11 Å². The number of para-hydroxylation sites is 2. The van der Waals surface area contributed by atoms with Crippen molar-refractivity contribution in [3.05, 3.63) is 53.6 Å². The first-order valence-electron chi connectivity index (χ1n) is 15.2. The zero-order valence-corrected chi connectivity index (χ0v) is 26.6. The first kappa shape index (κ1) is 28.8. The molecule has 204 valence electrons. The van der Waals surface area contributed by atoms with Crippen LogP contribution in [0, 0.1) is 0 Å². The number of benzene rings is 2. The minimum absolute atomic E-state index is 0.233. The Bertz CT molecular complexity index is 966. The van der Waals surface area contributed by atoms with Crippen molar-refractivity contribution in [1.82, 2.24) is 4.90 Å². The number of rotatable bonds is 12. The number of nitrogens with zero attached hydrogens (tertiary/aromatic N) is 2. The summed E-state index contributed by atoms with van der Waals surface area (Å²) in [6, 6.07) is 15.7. The van der Waals surface area contributed by atoms with Gasteiger partial charge in [0.1, 0.15) is 0 Å². The summed E-state index contributed by atoms with van der Waals surface area (Å²) in [5.74, 6) is 0. The molecule has 4 rings (SSSR count). The van der Waals surface area contributed by atoms with Gasteiger partial charge in [-0.25, -0.2) is 0 Å². The van der Waals surface area contributed by atoms with Gasteiger partial charge < -0.3 is 0 Å². The molecule has 0 spiro atoms. The molecule has 0 radical (unpaired) electrons. The van der Waals surface area contributed by atoms with Crippen molar-refractivity contribution >= 4 is 33.3 Å². The molecule has 1 heterocycles. The van der Waals surface area contributed by atoms with Gasteiger partial charge in [0.05, 0.1) is 0 Å². The standard InChI is InChI=1S/C20H24N3O.3C4H9.Sn/c21-17-7-3-4-8-18(17)22-9-11-23(12-10-22)19-13-15-5-1-2-6-16(15)14-20(19)24;3*1-3-4-2;/h1-4,6-8,19-20,24H,9-14,21H2;3*1,3-4H2,2H3;/t19-,20-;;;;/m0..../s1. The first-order valence-corrected chi connectivity index (χ1v) is 22.6. The number of aliphatic hydroxyl groups is 1. The number of aliphatic hydroxyl groups excluding tert-OH is 1. The molecule has 0 amide bonds. The first-order chi connectivity index (χ1) is 18.0. The van der Waals surface area contributed by atoms with E-state index >= 15 is 0 Å². The molecule has 1 saturated heterocycles. The number of fused-ring (bicyclic) bond motifs is 1. The second kappa shape index (κ2) is 13.7. The van der Waals surface area contributed by atoms with Crippen molar-refractivity contribution in [3.63, 3.8) is 0 Å². The number of nitrogen functional groups attached to an aromatic ring is 1. The van der Waals surface area contributed by atoms with E-state index in [0.717, 1.165) is 50.4 Å². The van der Waals surface area contributed by atoms with Gasteiger partial charge in [-0.1, -0.05) is 0 Å². The van der Waals surface area contributed by atoms with Crippen molar-refractivity contribution in [2.45, 2.75) is 97.6 Å². The average molecular weight is 612 g/mol. The molecule has 1 fully saturated rings. The molecule has 1 aliphatic heterocycles. The van der Waals surface area contributed by atoms with Gasteiger partial charge in [0.25, 0.3) is 0 Å². The fourth-order valence-electron chi connectivity index (χ4n) is 7.04. The van der Waals surface area contributed by atoms with E-state index in [9.17, 15) is 5.11 Å². The molecule has 0 saturated carbocycles. The average Bonchev–Trinajstić information content (AvgIpc) is 2.93. The summed E-state index contributed by atoms with van der Waals surface area (Å²) in [7, 11) is 0. The monoisotopic (exact) mass is 613 g/mol. The van der Waals surface area contributed by atoms with Crippen molar-refractivity contribution in [2.75, 3.05) is 36.8 Å². The van der Waals surface area contributed by atoms with Crippen LogP contribution in [0.1, 0.15) is 70.4 Å². The van der Waals surface area contributed by atoms with E-state index in [2.05, 4.69) is 60.9 Å². The van der Waals surface area contributed by atoms with Gasteiger partial charge in [-0.05, 0) is 0 Å². The fraction of sp³-hybridized carbons (Fsp3) is 0.625. The predicted molar refractivity (Wildman–Crippen MR) is 163 cm³/mol. The predicted octanol–water partition coefficient (Wildman–Crippen LogP) is 5.98. The maximum atomic E-state index is 11.4. The molecule has 5 heteroatoms. The van der Waals surface area contributed by atoms with Gasteiger partial charge >= 0.3 is 231 Å². The minimum atomic E-state index is -2.56. The Balaban J connectivity index is 1.58. The Morgan fingerprint density at radius 3 is 2.03 bits per heavy atom. The van der Waals surface area contributed by atoms with Crippen LogP contribution in [0.5, 0.6) is 0 Å². The number of anilines is 2. The van der Waals surface area contributed by atoms with Crippen LogP contribution in [0.15, 0.2) is 42.5 Å². The molecule has 0 bridgehead atoms. The van der Waals surface area contributed by atoms with Crippen LogP contribution in [-0.4, -0.2) is 66.7 Å². The van der Waals surface area contributed by atoms with Crippen LogP contribution in [0.4, 0.5) is 11.4 Å². The van der Waals surface area contributed by atoms with Crippen LogP contribution in [-0.2, 0) is 12.8 Å². The molecule has 0 unspecified atom stereocenters. The molecule has 2 atom stereocenters. The molecule has 4 nitrogen and oxygen atoms in total. The van der Waals surface area contributed by atoms with Crippen LogP contribution in [0.2, 0.25) is 13.3 Å². The topological polar surface area (TPSA) is 52.7 Å². The van der Waals surface area contributed by atoms with Crippen molar-refractivity contribution in [2.24, 2.45) is 0 Å². The number of unbranched alkanes of at least 4 members (excludes halogenated alkanes) is 3. The van der Waals surface area contributed by atoms with Gasteiger partial charge in [0.15, 0.2) is 0 Å². The Labute approximate surface area is 230 Å². The van der Waals surface area contributed by atoms with Gasteiger partial charge in [-0.3, -0.25) is 0 Å². The molecular formula is C32H51N3OSn. The van der Waals surface area contributed by atoms with Crippen molar-refractivity contribution in [3.8, 4) is 0 Å². The van der Waals surface area contributed by atoms with E-state index in [1.807, 2.05) is 15.7 Å². The Morgan fingerprint density at radius 1 is 0.811 bits per heavy atom. The van der Waals surface area contributed by atoms with E-state index in [4.69, 9.17) is 5.73 Å². The molecule has 2 aromatic rings. The van der Waals surface area contributed by atoms with E-state index in [0.29, 0.717) is 0 Å². The Hall–Kier alpha value is -1.24. The van der Waals surface area contributed by atoms with Crippen LogP contribution in [0.3, 0.4) is 0 Å². The molecule has 37 heavy (non-hydrogen) atoms. The van der Waals surface area contributed by atoms with Crippen LogP contribution in [0.25, 0.3) is 0 Å². The molecule has 0 aromatic heterocycles. The van der Waals surface area contributed by atoms with E-state index < -0.39 is 18.4 Å². The Kier molecular flexibility index (Phi) is 10.7. The number of hydrogen-bond acceptors (Lipinski definition) is 4. The molecule has 2 aliphatic rings. The molecule has 1 aliphatic carbocycles. The quantitative estimate of drug-likeness (QED) is 0.229. The summed E-state index contributed by atoms with van der Waals surface area (Å²) in [6.45, 7) is 11.0.